The van der Waals surface area contributed by atoms with Crippen molar-refractivity contribution in [1.82, 2.24) is 13.7 Å². The van der Waals surface area contributed by atoms with Crippen LogP contribution >= 0.6 is 11.6 Å². The minimum absolute atomic E-state index is 0.0471. The zero-order valence-electron chi connectivity index (χ0n) is 20.2. The number of benzene rings is 2. The minimum Gasteiger partial charge on any atom is -0.383 e. The summed E-state index contributed by atoms with van der Waals surface area (Å²) in [6.07, 6.45) is 0. The van der Waals surface area contributed by atoms with E-state index in [0.29, 0.717) is 28.2 Å². The number of hydrogen-bond donors (Lipinski definition) is 0. The first-order valence-corrected chi connectivity index (χ1v) is 11.8. The highest BCUT2D eigenvalue weighted by molar-refractivity contribution is 6.31. The molecule has 2 heterocycles. The van der Waals surface area contributed by atoms with Gasteiger partial charge < -0.3 is 9.30 Å². The van der Waals surface area contributed by atoms with Crippen LogP contribution in [-0.4, -0.2) is 33.2 Å². The lowest BCUT2D eigenvalue weighted by Crippen LogP contribution is -2.42. The molecule has 4 aromatic rings. The number of nitrogens with zero attached hydrogens (tertiary/aromatic N) is 3. The zero-order chi connectivity index (χ0) is 25.3. The topological polar surface area (TPSA) is 75.2 Å². The summed E-state index contributed by atoms with van der Waals surface area (Å²) in [5, 5.41) is 0.412. The van der Waals surface area contributed by atoms with Gasteiger partial charge >= 0.3 is 11.1 Å². The summed E-state index contributed by atoms with van der Waals surface area (Å²) < 4.78 is 9.99. The third-order valence-electron chi connectivity index (χ3n) is 6.31. The number of halogens is 1. The number of rotatable bonds is 8. The third-order valence-corrected chi connectivity index (χ3v) is 6.55. The van der Waals surface area contributed by atoms with E-state index < -0.39 is 11.1 Å². The molecule has 8 heteroatoms. The predicted octanol–water partition coefficient (Wildman–Crippen LogP) is 4.37. The van der Waals surface area contributed by atoms with Gasteiger partial charge in [0.05, 0.1) is 36.8 Å². The molecule has 0 amide bonds. The first-order valence-electron chi connectivity index (χ1n) is 11.4. The Morgan fingerprint density at radius 3 is 2.34 bits per heavy atom. The van der Waals surface area contributed by atoms with Crippen LogP contribution in [0, 0.1) is 13.8 Å². The highest BCUT2D eigenvalue weighted by atomic mass is 35.5. The van der Waals surface area contributed by atoms with Crippen LogP contribution in [0.4, 0.5) is 0 Å². The van der Waals surface area contributed by atoms with Gasteiger partial charge in [0.2, 0.25) is 0 Å². The van der Waals surface area contributed by atoms with Gasteiger partial charge in [-0.2, -0.15) is 0 Å². The van der Waals surface area contributed by atoms with Gasteiger partial charge in [0.15, 0.2) is 5.78 Å². The fourth-order valence-corrected chi connectivity index (χ4v) is 4.92. The number of carbonyl (C=O) groups is 1. The van der Waals surface area contributed by atoms with E-state index in [1.54, 1.807) is 25.3 Å². The van der Waals surface area contributed by atoms with Crippen LogP contribution in [-0.2, 0) is 17.8 Å². The summed E-state index contributed by atoms with van der Waals surface area (Å²) in [6, 6.07) is 16.3. The number of aromatic nitrogens is 3. The van der Waals surface area contributed by atoms with Gasteiger partial charge in [0.1, 0.15) is 0 Å². The van der Waals surface area contributed by atoms with Gasteiger partial charge in [-0.1, -0.05) is 41.9 Å². The molecule has 0 N–H and O–H groups in total. The van der Waals surface area contributed by atoms with Crippen molar-refractivity contribution in [2.75, 3.05) is 13.7 Å². The molecule has 182 valence electrons. The molecular weight excluding hydrogens is 466 g/mol. The molecule has 0 bridgehead atoms. The van der Waals surface area contributed by atoms with Crippen molar-refractivity contribution in [2.24, 2.45) is 0 Å². The van der Waals surface area contributed by atoms with Crippen molar-refractivity contribution in [3.05, 3.63) is 103 Å². The number of hydrogen-bond acceptors (Lipinski definition) is 4. The maximum absolute atomic E-state index is 13.4. The Hall–Kier alpha value is -3.42. The summed E-state index contributed by atoms with van der Waals surface area (Å²) in [5.74, 6) is -0.252. The van der Waals surface area contributed by atoms with E-state index in [9.17, 15) is 14.4 Å². The van der Waals surface area contributed by atoms with Gasteiger partial charge in [0.25, 0.3) is 0 Å². The first-order chi connectivity index (χ1) is 16.7. The molecule has 7 nitrogen and oxygen atoms in total. The van der Waals surface area contributed by atoms with Crippen molar-refractivity contribution in [3.63, 3.8) is 0 Å². The van der Waals surface area contributed by atoms with Crippen LogP contribution in [0.25, 0.3) is 11.0 Å². The van der Waals surface area contributed by atoms with Crippen molar-refractivity contribution >= 4 is 28.4 Å². The van der Waals surface area contributed by atoms with Crippen LogP contribution in [0.15, 0.2) is 64.2 Å². The fraction of sp³-hybridized carbons (Fsp3) is 0.296. The summed E-state index contributed by atoms with van der Waals surface area (Å²) in [6.45, 7) is 6.31. The molecule has 1 atom stereocenters. The second kappa shape index (κ2) is 10.1. The Bertz CT molecular complexity index is 1520. The smallest absolute Gasteiger partial charge is 0.317 e. The molecule has 0 saturated carbocycles. The van der Waals surface area contributed by atoms with E-state index in [1.165, 1.54) is 9.13 Å². The largest absolute Gasteiger partial charge is 0.383 e. The summed E-state index contributed by atoms with van der Waals surface area (Å²) in [7, 11) is 1.64. The third kappa shape index (κ3) is 4.74. The maximum Gasteiger partial charge on any atom is 0.317 e. The molecular formula is C27H28ClN3O4. The van der Waals surface area contributed by atoms with E-state index in [1.807, 2.05) is 61.7 Å². The fourth-order valence-electron chi connectivity index (χ4n) is 4.75. The predicted molar refractivity (Wildman–Crippen MR) is 138 cm³/mol. The molecule has 0 spiro atoms. The number of aryl methyl sites for hydroxylation is 1. The Morgan fingerprint density at radius 1 is 0.971 bits per heavy atom. The number of Topliss-reactive ketones (excluding diaryl/α,β-unsaturated/α-hetero) is 1. The van der Waals surface area contributed by atoms with Gasteiger partial charge in [-0.3, -0.25) is 23.5 Å². The molecule has 2 aromatic carbocycles. The van der Waals surface area contributed by atoms with Crippen LogP contribution in [0.1, 0.15) is 40.3 Å². The average molecular weight is 494 g/mol. The normalized spacial score (nSPS) is 12.3. The summed E-state index contributed by atoms with van der Waals surface area (Å²) in [5.41, 5.74) is 2.65. The van der Waals surface area contributed by atoms with E-state index >= 15 is 0 Å². The quantitative estimate of drug-likeness (QED) is 0.270. The first kappa shape index (κ1) is 24.7. The van der Waals surface area contributed by atoms with Crippen molar-refractivity contribution < 1.29 is 9.53 Å². The molecule has 0 unspecified atom stereocenters. The van der Waals surface area contributed by atoms with Crippen LogP contribution in [0.5, 0.6) is 0 Å². The minimum atomic E-state index is -0.759. The molecule has 35 heavy (non-hydrogen) atoms. The number of carbonyl (C=O) groups excluding carboxylic acids is 1. The van der Waals surface area contributed by atoms with Crippen molar-refractivity contribution in [1.29, 1.82) is 0 Å². The van der Waals surface area contributed by atoms with E-state index in [4.69, 9.17) is 16.3 Å². The Balaban J connectivity index is 1.80. The van der Waals surface area contributed by atoms with Crippen molar-refractivity contribution in [3.8, 4) is 0 Å². The van der Waals surface area contributed by atoms with Crippen LogP contribution in [0.3, 0.4) is 0 Å². The van der Waals surface area contributed by atoms with Gasteiger partial charge in [0, 0.05) is 29.1 Å². The van der Waals surface area contributed by atoms with Gasteiger partial charge in [-0.15, -0.1) is 0 Å². The van der Waals surface area contributed by atoms with E-state index in [2.05, 4.69) is 0 Å². The molecule has 0 radical (unpaired) electrons. The lowest BCUT2D eigenvalue weighted by atomic mass is 10.1. The monoisotopic (exact) mass is 493 g/mol. The Morgan fingerprint density at radius 2 is 1.66 bits per heavy atom. The average Bonchev–Trinajstić information content (AvgIpc) is 3.14. The second-order valence-electron chi connectivity index (χ2n) is 8.78. The van der Waals surface area contributed by atoms with Crippen LogP contribution in [0.2, 0.25) is 5.02 Å². The standard InChI is InChI=1S/C27H28ClN3O4/c1-17-12-22(19(3)31(17)18(2)16-35-4)25(32)15-30-24-13-21(28)10-11-23(24)29(26(33)27(30)34)14-20-8-6-5-7-9-20/h5-13,18H,14-16H2,1-4H3/t18-/m0/s1. The molecule has 0 aliphatic carbocycles. The van der Waals surface area contributed by atoms with E-state index in [0.717, 1.165) is 17.0 Å². The lowest BCUT2D eigenvalue weighted by Gasteiger charge is -2.18. The molecule has 0 fully saturated rings. The molecule has 0 aliphatic heterocycles. The number of fused-ring (bicyclic) bond motifs is 1. The summed E-state index contributed by atoms with van der Waals surface area (Å²) in [4.78, 5) is 39.8. The van der Waals surface area contributed by atoms with Crippen LogP contribution < -0.4 is 11.1 Å². The Kier molecular flexibility index (Phi) is 7.10. The highest BCUT2D eigenvalue weighted by Gasteiger charge is 2.22. The number of ketones is 1. The maximum atomic E-state index is 13.4. The van der Waals surface area contributed by atoms with Gasteiger partial charge in [-0.25, -0.2) is 0 Å². The molecule has 0 saturated heterocycles. The second-order valence-corrected chi connectivity index (χ2v) is 9.22. The lowest BCUT2D eigenvalue weighted by molar-refractivity contribution is 0.0971. The summed E-state index contributed by atoms with van der Waals surface area (Å²) >= 11 is 6.26. The highest BCUT2D eigenvalue weighted by Crippen LogP contribution is 2.23. The molecule has 0 aliphatic rings. The molecule has 2 aromatic heterocycles. The number of ether oxygens (including phenoxy) is 1. The SMILES string of the molecule is COC[C@H](C)n1c(C)cc(C(=O)Cn2c(=O)c(=O)n(Cc3ccccc3)c3ccc(Cl)cc32)c1C. The van der Waals surface area contributed by atoms with Crippen molar-refractivity contribution in [2.45, 2.75) is 39.9 Å². The molecule has 4 rings (SSSR count). The van der Waals surface area contributed by atoms with Gasteiger partial charge in [-0.05, 0) is 50.6 Å². The Labute approximate surface area is 208 Å². The van der Waals surface area contributed by atoms with E-state index in [-0.39, 0.29) is 24.9 Å². The zero-order valence-corrected chi connectivity index (χ0v) is 21.0. The number of methoxy groups -OCH3 is 1.